The number of rotatable bonds is 2. The normalized spacial score (nSPS) is 21.0. The van der Waals surface area contributed by atoms with E-state index >= 15 is 0 Å². The second-order valence-corrected chi connectivity index (χ2v) is 7.94. The second-order valence-electron chi connectivity index (χ2n) is 7.94. The van der Waals surface area contributed by atoms with Gasteiger partial charge in [0, 0.05) is 18.7 Å². The van der Waals surface area contributed by atoms with E-state index in [2.05, 4.69) is 86.5 Å². The van der Waals surface area contributed by atoms with Gasteiger partial charge in [0.05, 0.1) is 5.92 Å². The zero-order valence-electron chi connectivity index (χ0n) is 17.1. The summed E-state index contributed by atoms with van der Waals surface area (Å²) in [7, 11) is 2.09. The van der Waals surface area contributed by atoms with Crippen molar-refractivity contribution in [2.75, 3.05) is 20.1 Å². The number of hydrogen-bond donors (Lipinski definition) is 1. The predicted molar refractivity (Wildman–Crippen MR) is 116 cm³/mol. The Morgan fingerprint density at radius 1 is 1.03 bits per heavy atom. The molecule has 0 spiro atoms. The minimum atomic E-state index is -0.187. The van der Waals surface area contributed by atoms with Crippen molar-refractivity contribution in [3.8, 4) is 6.07 Å². The maximum Gasteiger partial charge on any atom is 0.205 e. The Morgan fingerprint density at radius 2 is 1.66 bits per heavy atom. The smallest absolute Gasteiger partial charge is 0.205 e. The molecule has 29 heavy (non-hydrogen) atoms. The molecule has 0 saturated carbocycles. The number of ether oxygens (including phenoxy) is 1. The van der Waals surface area contributed by atoms with Gasteiger partial charge in [0.2, 0.25) is 5.88 Å². The molecule has 2 aromatic carbocycles. The molecular formula is C25H25N3O. The van der Waals surface area contributed by atoms with E-state index in [0.29, 0.717) is 5.57 Å². The molecular weight excluding hydrogens is 358 g/mol. The van der Waals surface area contributed by atoms with Gasteiger partial charge in [-0.3, -0.25) is 4.90 Å². The highest BCUT2D eigenvalue weighted by Gasteiger charge is 2.36. The number of allylic oxidation sites excluding steroid dienone is 1. The summed E-state index contributed by atoms with van der Waals surface area (Å²) in [6.45, 7) is 5.64. The minimum absolute atomic E-state index is 0.187. The van der Waals surface area contributed by atoms with Crippen LogP contribution in [-0.2, 0) is 4.74 Å². The summed E-state index contributed by atoms with van der Waals surface area (Å²) in [5.74, 6) is 0.829. The molecule has 4 heteroatoms. The summed E-state index contributed by atoms with van der Waals surface area (Å²) >= 11 is 0. The van der Waals surface area contributed by atoms with E-state index < -0.39 is 0 Å². The highest BCUT2D eigenvalue weighted by molar-refractivity contribution is 5.63. The zero-order valence-corrected chi connectivity index (χ0v) is 17.1. The highest BCUT2D eigenvalue weighted by Crippen LogP contribution is 2.43. The molecule has 4 nitrogen and oxygen atoms in total. The largest absolute Gasteiger partial charge is 0.440 e. The van der Waals surface area contributed by atoms with Gasteiger partial charge in [-0.05, 0) is 43.7 Å². The first-order valence-electron chi connectivity index (χ1n) is 9.79. The minimum Gasteiger partial charge on any atom is -0.440 e. The molecule has 4 rings (SSSR count). The van der Waals surface area contributed by atoms with Gasteiger partial charge in [-0.1, -0.05) is 59.7 Å². The van der Waals surface area contributed by atoms with Crippen LogP contribution in [0.2, 0.25) is 0 Å². The van der Waals surface area contributed by atoms with Crippen LogP contribution in [0.3, 0.4) is 0 Å². The van der Waals surface area contributed by atoms with E-state index in [0.717, 1.165) is 41.1 Å². The Bertz CT molecular complexity index is 1070. The first-order chi connectivity index (χ1) is 14.0. The lowest BCUT2D eigenvalue weighted by Gasteiger charge is -2.37. The van der Waals surface area contributed by atoms with Crippen molar-refractivity contribution in [2.45, 2.75) is 19.8 Å². The van der Waals surface area contributed by atoms with Crippen molar-refractivity contribution in [1.82, 2.24) is 4.90 Å². The van der Waals surface area contributed by atoms with Crippen LogP contribution in [0.15, 0.2) is 76.9 Å². The fraction of sp³-hybridized carbons (Fsp3) is 0.240. The van der Waals surface area contributed by atoms with Crippen LogP contribution in [0.1, 0.15) is 28.2 Å². The average molecular weight is 383 g/mol. The topological polar surface area (TPSA) is 62.3 Å². The molecule has 0 saturated heterocycles. The number of hydrogen-bond acceptors (Lipinski definition) is 4. The molecule has 0 radical (unpaired) electrons. The Morgan fingerprint density at radius 3 is 2.28 bits per heavy atom. The first kappa shape index (κ1) is 19.0. The number of nitrogens with two attached hydrogens (primary N) is 1. The molecule has 1 atom stereocenters. The van der Waals surface area contributed by atoms with Crippen LogP contribution in [-0.4, -0.2) is 25.0 Å². The number of nitrogens with zero attached hydrogens (tertiary/aromatic N) is 2. The van der Waals surface area contributed by atoms with E-state index in [1.54, 1.807) is 0 Å². The third kappa shape index (κ3) is 3.70. The van der Waals surface area contributed by atoms with Crippen molar-refractivity contribution < 1.29 is 4.74 Å². The Balaban J connectivity index is 1.85. The molecule has 0 aromatic heterocycles. The molecule has 2 N–H and O–H groups in total. The highest BCUT2D eigenvalue weighted by atomic mass is 16.5. The zero-order chi connectivity index (χ0) is 20.5. The van der Waals surface area contributed by atoms with Gasteiger partial charge >= 0.3 is 0 Å². The number of likely N-dealkylation sites (N-methyl/N-ethyl adjacent to an activating group) is 1. The molecule has 0 aliphatic carbocycles. The fourth-order valence-electron chi connectivity index (χ4n) is 4.04. The summed E-state index contributed by atoms with van der Waals surface area (Å²) in [4.78, 5) is 2.25. The first-order valence-corrected chi connectivity index (χ1v) is 9.79. The van der Waals surface area contributed by atoms with Crippen molar-refractivity contribution in [3.05, 3.63) is 99.1 Å². The average Bonchev–Trinajstić information content (AvgIpc) is 2.70. The van der Waals surface area contributed by atoms with E-state index in [4.69, 9.17) is 10.5 Å². The van der Waals surface area contributed by atoms with Crippen molar-refractivity contribution in [2.24, 2.45) is 5.73 Å². The van der Waals surface area contributed by atoms with Crippen LogP contribution in [0, 0.1) is 25.2 Å². The van der Waals surface area contributed by atoms with Crippen LogP contribution in [0.4, 0.5) is 0 Å². The van der Waals surface area contributed by atoms with E-state index in [1.165, 1.54) is 11.1 Å². The number of benzene rings is 2. The van der Waals surface area contributed by atoms with Crippen LogP contribution >= 0.6 is 0 Å². The van der Waals surface area contributed by atoms with Gasteiger partial charge in [-0.15, -0.1) is 0 Å². The molecule has 0 fully saturated rings. The summed E-state index contributed by atoms with van der Waals surface area (Å²) in [5, 5.41) is 9.81. The Kier molecular flexibility index (Phi) is 5.00. The maximum atomic E-state index is 9.81. The molecule has 2 aliphatic rings. The molecule has 146 valence electrons. The standard InChI is InChI=1S/C25H25N3O/c1-16-4-8-18(9-5-16)12-20-14-28(3)15-22-23(19-10-6-17(2)7-11-19)21(13-26)25(27)29-24(20)22/h4-12,23H,14-15,27H2,1-3H3/b20-12+. The molecule has 1 unspecified atom stereocenters. The van der Waals surface area contributed by atoms with Gasteiger partial charge in [-0.2, -0.15) is 5.26 Å². The van der Waals surface area contributed by atoms with Crippen molar-refractivity contribution >= 4 is 6.08 Å². The maximum absolute atomic E-state index is 9.81. The van der Waals surface area contributed by atoms with Gasteiger partial charge < -0.3 is 10.5 Å². The predicted octanol–water partition coefficient (Wildman–Crippen LogP) is 4.39. The lowest BCUT2D eigenvalue weighted by Crippen LogP contribution is -2.35. The monoisotopic (exact) mass is 383 g/mol. The Labute approximate surface area is 172 Å². The third-order valence-electron chi connectivity index (χ3n) is 5.53. The molecule has 0 bridgehead atoms. The molecule has 0 amide bonds. The van der Waals surface area contributed by atoms with Gasteiger partial charge in [0.15, 0.2) is 0 Å². The lowest BCUT2D eigenvalue weighted by atomic mass is 9.80. The quantitative estimate of drug-likeness (QED) is 0.835. The second kappa shape index (κ2) is 7.62. The van der Waals surface area contributed by atoms with Crippen LogP contribution < -0.4 is 5.73 Å². The van der Waals surface area contributed by atoms with E-state index in [-0.39, 0.29) is 11.8 Å². The summed E-state index contributed by atoms with van der Waals surface area (Å²) in [6.07, 6.45) is 2.15. The lowest BCUT2D eigenvalue weighted by molar-refractivity contribution is 0.251. The van der Waals surface area contributed by atoms with Gasteiger partial charge in [0.25, 0.3) is 0 Å². The van der Waals surface area contributed by atoms with Gasteiger partial charge in [-0.25, -0.2) is 0 Å². The summed E-state index contributed by atoms with van der Waals surface area (Å²) < 4.78 is 6.05. The van der Waals surface area contributed by atoms with Crippen molar-refractivity contribution in [1.29, 1.82) is 5.26 Å². The molecule has 2 aliphatic heterocycles. The third-order valence-corrected chi connectivity index (χ3v) is 5.53. The van der Waals surface area contributed by atoms with E-state index in [1.807, 2.05) is 0 Å². The van der Waals surface area contributed by atoms with Crippen molar-refractivity contribution in [3.63, 3.8) is 0 Å². The summed E-state index contributed by atoms with van der Waals surface area (Å²) in [6, 6.07) is 19.0. The number of aryl methyl sites for hydroxylation is 2. The van der Waals surface area contributed by atoms with Crippen LogP contribution in [0.25, 0.3) is 6.08 Å². The fourth-order valence-corrected chi connectivity index (χ4v) is 4.04. The SMILES string of the molecule is Cc1ccc(/C=C2\CN(C)CC3=C2OC(N)=C(C#N)C3c2ccc(C)cc2)cc1. The van der Waals surface area contributed by atoms with Crippen LogP contribution in [0.5, 0.6) is 0 Å². The Hall–Kier alpha value is -3.29. The molecule has 2 heterocycles. The van der Waals surface area contributed by atoms with Gasteiger partial charge in [0.1, 0.15) is 17.4 Å². The number of nitriles is 1. The van der Waals surface area contributed by atoms with E-state index in [9.17, 15) is 5.26 Å². The summed E-state index contributed by atoms with van der Waals surface area (Å²) in [5.41, 5.74) is 13.5. The molecule has 2 aromatic rings.